The van der Waals surface area contributed by atoms with Crippen LogP contribution in [-0.4, -0.2) is 29.8 Å². The first kappa shape index (κ1) is 25.8. The second-order valence-electron chi connectivity index (χ2n) is 8.15. The summed E-state index contributed by atoms with van der Waals surface area (Å²) in [4.78, 5) is 32.2. The average molecular weight is 540 g/mol. The molecule has 2 amide bonds. The van der Waals surface area contributed by atoms with Crippen LogP contribution in [0.4, 0.5) is 11.4 Å². The minimum atomic E-state index is -0.263. The van der Waals surface area contributed by atoms with E-state index in [4.69, 9.17) is 27.9 Å². The van der Waals surface area contributed by atoms with E-state index in [0.29, 0.717) is 26.6 Å². The highest BCUT2D eigenvalue weighted by Gasteiger charge is 2.32. The van der Waals surface area contributed by atoms with E-state index in [1.807, 2.05) is 56.3 Å². The molecule has 0 spiro atoms. The minimum Gasteiger partial charge on any atom is -0.497 e. The SMILES string of the molecule is COc1ccc(C=C2N=C(SCC(=O)Nc3ccc(Cl)c(Cl)c3)N(c3cc(C)cc(C)c3)C2=O)cc1. The number of nitrogens with one attached hydrogen (secondary N) is 1. The maximum atomic E-state index is 13.4. The van der Waals surface area contributed by atoms with Gasteiger partial charge in [0.25, 0.3) is 5.91 Å². The maximum Gasteiger partial charge on any atom is 0.283 e. The lowest BCUT2D eigenvalue weighted by Gasteiger charge is -2.19. The number of aliphatic imine (C=N–C) groups is 1. The minimum absolute atomic E-state index is 0.0451. The molecule has 0 saturated carbocycles. The van der Waals surface area contributed by atoms with Crippen LogP contribution in [0, 0.1) is 13.8 Å². The Kier molecular flexibility index (Phi) is 8.04. The quantitative estimate of drug-likeness (QED) is 0.352. The lowest BCUT2D eigenvalue weighted by Crippen LogP contribution is -2.31. The van der Waals surface area contributed by atoms with E-state index in [9.17, 15) is 9.59 Å². The predicted octanol–water partition coefficient (Wildman–Crippen LogP) is 6.73. The Bertz CT molecular complexity index is 1370. The molecule has 36 heavy (non-hydrogen) atoms. The first-order valence-corrected chi connectivity index (χ1v) is 12.7. The summed E-state index contributed by atoms with van der Waals surface area (Å²) in [6.45, 7) is 3.94. The van der Waals surface area contributed by atoms with E-state index in [0.717, 1.165) is 22.4 Å². The number of carbonyl (C=O) groups excluding carboxylic acids is 2. The van der Waals surface area contributed by atoms with Crippen LogP contribution in [0.2, 0.25) is 10.0 Å². The molecule has 9 heteroatoms. The lowest BCUT2D eigenvalue weighted by molar-refractivity contribution is -0.114. The van der Waals surface area contributed by atoms with E-state index in [-0.39, 0.29) is 23.3 Å². The number of amidine groups is 1. The Morgan fingerprint density at radius 2 is 1.72 bits per heavy atom. The fourth-order valence-electron chi connectivity index (χ4n) is 3.66. The summed E-state index contributed by atoms with van der Waals surface area (Å²) in [5, 5.41) is 3.97. The summed E-state index contributed by atoms with van der Waals surface area (Å²) in [7, 11) is 1.60. The van der Waals surface area contributed by atoms with Crippen molar-refractivity contribution in [2.75, 3.05) is 23.1 Å². The Hall–Kier alpha value is -3.26. The number of aryl methyl sites for hydroxylation is 2. The van der Waals surface area contributed by atoms with Gasteiger partial charge in [-0.2, -0.15) is 0 Å². The summed E-state index contributed by atoms with van der Waals surface area (Å²) in [5.41, 5.74) is 4.37. The Morgan fingerprint density at radius 1 is 1.03 bits per heavy atom. The Labute approximate surface area is 224 Å². The van der Waals surface area contributed by atoms with Gasteiger partial charge in [0.2, 0.25) is 5.91 Å². The van der Waals surface area contributed by atoms with E-state index < -0.39 is 0 Å². The van der Waals surface area contributed by atoms with Gasteiger partial charge in [-0.15, -0.1) is 0 Å². The molecule has 184 valence electrons. The molecule has 3 aromatic rings. The molecule has 1 aliphatic rings. The third-order valence-corrected chi connectivity index (χ3v) is 6.93. The zero-order valence-corrected chi connectivity index (χ0v) is 22.2. The Morgan fingerprint density at radius 3 is 2.36 bits per heavy atom. The van der Waals surface area contributed by atoms with Crippen molar-refractivity contribution in [3.63, 3.8) is 0 Å². The van der Waals surface area contributed by atoms with Crippen molar-refractivity contribution >= 4 is 69.4 Å². The van der Waals surface area contributed by atoms with Gasteiger partial charge in [-0.1, -0.05) is 53.2 Å². The highest BCUT2D eigenvalue weighted by molar-refractivity contribution is 8.14. The highest BCUT2D eigenvalue weighted by atomic mass is 35.5. The number of hydrogen-bond acceptors (Lipinski definition) is 5. The molecule has 3 aromatic carbocycles. The van der Waals surface area contributed by atoms with Crippen molar-refractivity contribution in [1.29, 1.82) is 0 Å². The summed E-state index contributed by atoms with van der Waals surface area (Å²) in [6, 6.07) is 18.1. The van der Waals surface area contributed by atoms with Crippen molar-refractivity contribution in [2.24, 2.45) is 4.99 Å². The van der Waals surface area contributed by atoms with Gasteiger partial charge in [0.05, 0.1) is 28.6 Å². The van der Waals surface area contributed by atoms with E-state index >= 15 is 0 Å². The molecule has 0 fully saturated rings. The van der Waals surface area contributed by atoms with Gasteiger partial charge in [0, 0.05) is 5.69 Å². The van der Waals surface area contributed by atoms with Crippen molar-refractivity contribution in [1.82, 2.24) is 0 Å². The van der Waals surface area contributed by atoms with Gasteiger partial charge in [0.1, 0.15) is 11.4 Å². The number of carbonyl (C=O) groups is 2. The number of halogens is 2. The number of methoxy groups -OCH3 is 1. The molecule has 6 nitrogen and oxygen atoms in total. The number of amides is 2. The van der Waals surface area contributed by atoms with Crippen LogP contribution in [0.3, 0.4) is 0 Å². The van der Waals surface area contributed by atoms with Gasteiger partial charge < -0.3 is 10.1 Å². The summed E-state index contributed by atoms with van der Waals surface area (Å²) >= 11 is 13.2. The van der Waals surface area contributed by atoms with Crippen LogP contribution in [0.1, 0.15) is 16.7 Å². The van der Waals surface area contributed by atoms with Crippen molar-refractivity contribution in [2.45, 2.75) is 13.8 Å². The number of anilines is 2. The Balaban J connectivity index is 1.59. The summed E-state index contributed by atoms with van der Waals surface area (Å²) < 4.78 is 5.21. The second-order valence-corrected chi connectivity index (χ2v) is 9.91. The average Bonchev–Trinajstić information content (AvgIpc) is 3.15. The van der Waals surface area contributed by atoms with Gasteiger partial charge in [-0.3, -0.25) is 14.5 Å². The standard InChI is InChI=1S/C27H23Cl2N3O3S/c1-16-10-17(2)12-20(11-16)32-26(34)24(13-18-4-7-21(35-3)8-5-18)31-27(32)36-15-25(33)30-19-6-9-22(28)23(29)14-19/h4-14H,15H2,1-3H3,(H,30,33). The normalized spacial score (nSPS) is 14.2. The molecular weight excluding hydrogens is 517 g/mol. The third-order valence-electron chi connectivity index (χ3n) is 5.25. The van der Waals surface area contributed by atoms with Crippen LogP contribution < -0.4 is 15.0 Å². The van der Waals surface area contributed by atoms with Crippen LogP contribution in [0.15, 0.2) is 71.4 Å². The van der Waals surface area contributed by atoms with E-state index in [1.54, 1.807) is 36.3 Å². The molecule has 0 unspecified atom stereocenters. The molecule has 0 bridgehead atoms. The van der Waals surface area contributed by atoms with Crippen molar-refractivity contribution in [3.8, 4) is 5.75 Å². The number of hydrogen-bond donors (Lipinski definition) is 1. The molecular formula is C27H23Cl2N3O3S. The summed E-state index contributed by atoms with van der Waals surface area (Å²) in [6.07, 6.45) is 1.72. The van der Waals surface area contributed by atoms with E-state index in [1.165, 1.54) is 11.8 Å². The van der Waals surface area contributed by atoms with Gasteiger partial charge in [-0.25, -0.2) is 4.99 Å². The number of rotatable bonds is 6. The zero-order chi connectivity index (χ0) is 25.8. The maximum absolute atomic E-state index is 13.4. The first-order valence-electron chi connectivity index (χ1n) is 11.0. The van der Waals surface area contributed by atoms with Gasteiger partial charge in [-0.05, 0) is 79.1 Å². The number of ether oxygens (including phenoxy) is 1. The van der Waals surface area contributed by atoms with Crippen LogP contribution in [-0.2, 0) is 9.59 Å². The highest BCUT2D eigenvalue weighted by Crippen LogP contribution is 2.31. The fourth-order valence-corrected chi connectivity index (χ4v) is 4.77. The lowest BCUT2D eigenvalue weighted by atomic mass is 10.1. The number of benzene rings is 3. The van der Waals surface area contributed by atoms with Crippen LogP contribution in [0.5, 0.6) is 5.75 Å². The van der Waals surface area contributed by atoms with Gasteiger partial charge >= 0.3 is 0 Å². The van der Waals surface area contributed by atoms with Crippen molar-refractivity contribution in [3.05, 3.63) is 93.1 Å². The predicted molar refractivity (Wildman–Crippen MR) is 149 cm³/mol. The number of thioether (sulfide) groups is 1. The largest absolute Gasteiger partial charge is 0.497 e. The molecule has 1 N–H and O–H groups in total. The molecule has 0 atom stereocenters. The van der Waals surface area contributed by atoms with Gasteiger partial charge in [0.15, 0.2) is 5.17 Å². The van der Waals surface area contributed by atoms with Crippen LogP contribution >= 0.6 is 35.0 Å². The molecule has 0 aliphatic carbocycles. The second kappa shape index (κ2) is 11.2. The molecule has 0 radical (unpaired) electrons. The first-order chi connectivity index (χ1) is 17.2. The zero-order valence-electron chi connectivity index (χ0n) is 19.8. The smallest absolute Gasteiger partial charge is 0.283 e. The molecule has 1 aliphatic heterocycles. The monoisotopic (exact) mass is 539 g/mol. The third kappa shape index (κ3) is 6.10. The number of nitrogens with zero attached hydrogens (tertiary/aromatic N) is 2. The van der Waals surface area contributed by atoms with E-state index in [2.05, 4.69) is 10.3 Å². The van der Waals surface area contributed by atoms with Crippen LogP contribution in [0.25, 0.3) is 6.08 Å². The summed E-state index contributed by atoms with van der Waals surface area (Å²) in [5.74, 6) is 0.243. The fraction of sp³-hybridized carbons (Fsp3) is 0.148. The molecule has 4 rings (SSSR count). The topological polar surface area (TPSA) is 71.0 Å². The molecule has 0 aromatic heterocycles. The molecule has 0 saturated heterocycles. The van der Waals surface area contributed by atoms with Crippen molar-refractivity contribution < 1.29 is 14.3 Å². The molecule has 1 heterocycles.